The van der Waals surface area contributed by atoms with Gasteiger partial charge in [0, 0.05) is 40.5 Å². The summed E-state index contributed by atoms with van der Waals surface area (Å²) >= 11 is 17.4. The molecule has 2 saturated carbocycles. The van der Waals surface area contributed by atoms with Gasteiger partial charge < -0.3 is 37.9 Å². The van der Waals surface area contributed by atoms with Crippen molar-refractivity contribution < 1.29 is 76.3 Å². The highest BCUT2D eigenvalue weighted by atomic mass is 35.6. The van der Waals surface area contributed by atoms with E-state index in [0.717, 1.165) is 27.7 Å². The molecule has 1 heterocycles. The van der Waals surface area contributed by atoms with Gasteiger partial charge in [0.2, 0.25) is 0 Å². The number of alkyl carbamates (subject to hydrolysis) is 1. The average Bonchev–Trinajstić information content (AvgIpc) is 3.46. The predicted octanol–water partition coefficient (Wildman–Crippen LogP) is 6.08. The molecule has 0 bridgehead atoms. The van der Waals surface area contributed by atoms with E-state index in [0.29, 0.717) is 0 Å². The summed E-state index contributed by atoms with van der Waals surface area (Å²) in [6.45, 7) is 10.0. The third kappa shape index (κ3) is 9.04. The quantitative estimate of drug-likeness (QED) is 0.123. The topological polar surface area (TPSA) is 222 Å². The Hall–Kier alpha value is -5.23. The van der Waals surface area contributed by atoms with Crippen LogP contribution in [0.25, 0.3) is 0 Å². The molecule has 2 aromatic rings. The molecule has 4 aliphatic rings. The molecule has 2 amide bonds. The van der Waals surface area contributed by atoms with Crippen LogP contribution in [-0.2, 0) is 61.9 Å². The Labute approximate surface area is 388 Å². The molecule has 0 unspecified atom stereocenters. The fraction of sp³-hybridized carbons (Fsp3) is 0.511. The number of amides is 2. The van der Waals surface area contributed by atoms with Crippen LogP contribution in [0.1, 0.15) is 88.9 Å². The molecule has 65 heavy (non-hydrogen) atoms. The van der Waals surface area contributed by atoms with Crippen LogP contribution >= 0.6 is 34.8 Å². The maximum Gasteiger partial charge on any atom is 0.414 e. The third-order valence-electron chi connectivity index (χ3n) is 12.9. The fourth-order valence-corrected chi connectivity index (χ4v) is 10.5. The number of halogens is 3. The first kappa shape index (κ1) is 49.2. The summed E-state index contributed by atoms with van der Waals surface area (Å²) in [7, 11) is 0. The van der Waals surface area contributed by atoms with Gasteiger partial charge in [-0.3, -0.25) is 29.3 Å². The molecule has 0 spiro atoms. The average molecular weight is 965 g/mol. The highest BCUT2D eigenvalue weighted by molar-refractivity contribution is 6.76. The number of rotatable bonds is 10. The highest BCUT2D eigenvalue weighted by Gasteiger charge is 2.81. The maximum atomic E-state index is 14.8. The minimum Gasteiger partial charge on any atom is -0.462 e. The third-order valence-corrected chi connectivity index (χ3v) is 13.4. The molecule has 1 N–H and O–H groups in total. The van der Waals surface area contributed by atoms with Crippen LogP contribution in [0.4, 0.5) is 4.79 Å². The smallest absolute Gasteiger partial charge is 0.414 e. The largest absolute Gasteiger partial charge is 0.462 e. The summed E-state index contributed by atoms with van der Waals surface area (Å²) in [5.41, 5.74) is -7.81. The van der Waals surface area contributed by atoms with Gasteiger partial charge in [-0.1, -0.05) is 78.1 Å². The molecule has 2 aromatic carbocycles. The van der Waals surface area contributed by atoms with Crippen molar-refractivity contribution in [1.29, 1.82) is 0 Å². The number of hydrogen-bond donors (Lipinski definition) is 1. The van der Waals surface area contributed by atoms with E-state index in [-0.39, 0.29) is 35.3 Å². The number of imide groups is 1. The molecule has 1 saturated heterocycles. The molecule has 17 nitrogen and oxygen atoms in total. The molecule has 6 rings (SSSR count). The lowest BCUT2D eigenvalue weighted by molar-refractivity contribution is -0.351. The predicted molar refractivity (Wildman–Crippen MR) is 227 cm³/mol. The van der Waals surface area contributed by atoms with Crippen molar-refractivity contribution in [3.63, 3.8) is 0 Å². The van der Waals surface area contributed by atoms with Crippen molar-refractivity contribution in [2.45, 2.75) is 120 Å². The molecule has 0 radical (unpaired) electrons. The molecule has 0 aromatic heterocycles. The Morgan fingerprint density at radius 3 is 1.71 bits per heavy atom. The van der Waals surface area contributed by atoms with Gasteiger partial charge in [-0.25, -0.2) is 14.4 Å². The molecule has 1 aliphatic heterocycles. The Kier molecular flexibility index (Phi) is 13.8. The van der Waals surface area contributed by atoms with Crippen molar-refractivity contribution in [3.8, 4) is 0 Å². The van der Waals surface area contributed by atoms with Crippen LogP contribution in [0.2, 0.25) is 0 Å². The Bertz CT molecular complexity index is 2300. The lowest BCUT2D eigenvalue weighted by Gasteiger charge is -2.65. The van der Waals surface area contributed by atoms with Gasteiger partial charge in [0.1, 0.15) is 30.0 Å². The summed E-state index contributed by atoms with van der Waals surface area (Å²) in [4.78, 5) is 110. The van der Waals surface area contributed by atoms with Crippen LogP contribution in [0.5, 0.6) is 0 Å². The molecule has 3 aliphatic carbocycles. The second-order valence-corrected chi connectivity index (χ2v) is 19.4. The first-order valence-corrected chi connectivity index (χ1v) is 21.6. The van der Waals surface area contributed by atoms with E-state index in [1.807, 2.05) is 5.32 Å². The zero-order chi connectivity index (χ0) is 48.0. The number of fused-ring (bicyclic) bond motifs is 4. The van der Waals surface area contributed by atoms with Gasteiger partial charge in [0.15, 0.2) is 17.8 Å². The number of benzene rings is 2. The van der Waals surface area contributed by atoms with Crippen LogP contribution < -0.4 is 5.32 Å². The van der Waals surface area contributed by atoms with Crippen molar-refractivity contribution in [2.75, 3.05) is 6.61 Å². The number of esters is 6. The van der Waals surface area contributed by atoms with Crippen LogP contribution in [0.3, 0.4) is 0 Å². The monoisotopic (exact) mass is 963 g/mol. The normalized spacial score (nSPS) is 30.3. The highest BCUT2D eigenvalue weighted by Crippen LogP contribution is 2.69. The maximum absolute atomic E-state index is 14.8. The van der Waals surface area contributed by atoms with E-state index in [2.05, 4.69) is 0 Å². The van der Waals surface area contributed by atoms with E-state index < -0.39 is 123 Å². The number of carbonyl (C=O) groups excluding carboxylic acids is 8. The summed E-state index contributed by atoms with van der Waals surface area (Å²) in [6.07, 6.45) is -11.2. The number of nitrogens with one attached hydrogen (secondary N) is 1. The summed E-state index contributed by atoms with van der Waals surface area (Å²) in [6, 6.07) is 15.5. The van der Waals surface area contributed by atoms with Gasteiger partial charge in [-0.2, -0.15) is 0 Å². The molecule has 350 valence electrons. The molecular weight excluding hydrogens is 917 g/mol. The summed E-state index contributed by atoms with van der Waals surface area (Å²) in [5.74, 6) is -8.16. The molecule has 20 heteroatoms. The molecule has 10 atom stereocenters. The van der Waals surface area contributed by atoms with Crippen molar-refractivity contribution in [2.24, 2.45) is 16.7 Å². The Morgan fingerprint density at radius 1 is 0.723 bits per heavy atom. The number of carbonyl (C=O) groups is 8. The minimum absolute atomic E-state index is 0.0202. The van der Waals surface area contributed by atoms with Crippen LogP contribution in [0.15, 0.2) is 71.8 Å². The zero-order valence-electron chi connectivity index (χ0n) is 36.6. The second-order valence-electron chi connectivity index (χ2n) is 17.2. The first-order chi connectivity index (χ1) is 30.3. The zero-order valence-corrected chi connectivity index (χ0v) is 38.9. The standard InChI is InChI=1S/C45H48Cl3NO16/c1-22-29(59-23(2)50)20-43(41(6,7)65-40(57)49-39(56)45(46,47)48)32(22)33(61-25(4)52)35(62-37(54)27-15-11-9-12-16-27)42(8)30(60-24(3)51)19-31-44(21-58-31,64-26(5)53)34(42)36(43)63-38(55)28-17-13-10-14-18-28/h9-18,29-31,33-36H,19-21H2,1-8H3,(H,49,56,57)/t29-,30-,31+,33+,34-,35-,36-,42+,43-,44-/m0/s1. The van der Waals surface area contributed by atoms with E-state index >= 15 is 0 Å². The second kappa shape index (κ2) is 18.2. The van der Waals surface area contributed by atoms with Crippen LogP contribution in [0, 0.1) is 16.7 Å². The summed E-state index contributed by atoms with van der Waals surface area (Å²) in [5, 5.41) is 1.89. The number of hydrogen-bond acceptors (Lipinski definition) is 16. The van der Waals surface area contributed by atoms with Gasteiger partial charge in [-0.05, 0) is 56.2 Å². The lowest BCUT2D eigenvalue weighted by Crippen LogP contribution is -2.79. The SMILES string of the molecule is CC(=O)O[C@H]1C[C@]2(C(C)(C)OC(=O)NC(=O)C(Cl)(Cl)Cl)C(=C1C)[C@@H](OC(C)=O)[C@H](OC(=O)c1ccccc1)[C@]1(C)[C@@H](OC(C)=O)C[C@H]3OC[C@@]3(OC(C)=O)[C@H]1[C@@H]2OC(=O)c1ccccc1. The number of alkyl halides is 3. The Morgan fingerprint density at radius 2 is 1.25 bits per heavy atom. The van der Waals surface area contributed by atoms with E-state index in [9.17, 15) is 38.4 Å². The summed E-state index contributed by atoms with van der Waals surface area (Å²) < 4.78 is 47.7. The van der Waals surface area contributed by atoms with Crippen molar-refractivity contribution >= 4 is 82.6 Å². The number of ether oxygens (including phenoxy) is 8. The van der Waals surface area contributed by atoms with E-state index in [4.69, 9.17) is 72.7 Å². The fourth-order valence-electron chi connectivity index (χ4n) is 10.4. The molecular formula is C45H48Cl3NO16. The Balaban J connectivity index is 1.79. The van der Waals surface area contributed by atoms with Gasteiger partial charge in [-0.15, -0.1) is 0 Å². The van der Waals surface area contributed by atoms with Gasteiger partial charge in [0.05, 0.1) is 34.5 Å². The van der Waals surface area contributed by atoms with Gasteiger partial charge in [0.25, 0.3) is 9.70 Å². The van der Waals surface area contributed by atoms with Crippen molar-refractivity contribution in [3.05, 3.63) is 82.9 Å². The van der Waals surface area contributed by atoms with E-state index in [1.54, 1.807) is 43.3 Å². The van der Waals surface area contributed by atoms with Gasteiger partial charge >= 0.3 is 41.9 Å². The van der Waals surface area contributed by atoms with E-state index in [1.165, 1.54) is 45.0 Å². The van der Waals surface area contributed by atoms with Crippen LogP contribution in [-0.4, -0.2) is 106 Å². The minimum atomic E-state index is -2.64. The molecule has 3 fully saturated rings. The first-order valence-electron chi connectivity index (χ1n) is 20.5. The lowest BCUT2D eigenvalue weighted by atomic mass is 9.49. The van der Waals surface area contributed by atoms with Crippen molar-refractivity contribution in [1.82, 2.24) is 5.32 Å².